The highest BCUT2D eigenvalue weighted by Crippen LogP contribution is 2.35. The lowest BCUT2D eigenvalue weighted by atomic mass is 9.98. The van der Waals surface area contributed by atoms with Gasteiger partial charge in [-0.15, -0.1) is 0 Å². The number of rotatable bonds is 0. The summed E-state index contributed by atoms with van der Waals surface area (Å²) in [6.07, 6.45) is 2.61. The number of hydrogen-bond donors (Lipinski definition) is 6. The van der Waals surface area contributed by atoms with E-state index in [-0.39, 0.29) is 72.8 Å². The van der Waals surface area contributed by atoms with Gasteiger partial charge in [0.1, 0.15) is 68.5 Å². The van der Waals surface area contributed by atoms with E-state index in [4.69, 9.17) is 62.8 Å². The molecule has 0 spiro atoms. The second-order valence-corrected chi connectivity index (χ2v) is 35.6. The SMILES string of the molecule is CC1Cc2nc(N)ccc2CN1C(=O)OC(C)(C)C.CC1c2ccc(N)nc2CCN1C(=O)OC(C)(C)C.C[C@@H]1Cc2nc(N)ccc2CN1C(=O)OC(C)(C)C.C[C@@H]1c2ccc(N)nc2CCN1C(=O)OC(C)(C)C.C[C@H]1Cc2nc(N)ccc2CN1C(=O)OC(C)(C)C.C[C@H]1c2ccc(N)nc2CCN1C(=O)OC(C)(C)C. The van der Waals surface area contributed by atoms with Crippen LogP contribution in [0.1, 0.15) is 252 Å². The Morgan fingerprint density at radius 1 is 0.281 bits per heavy atom. The van der Waals surface area contributed by atoms with Crippen LogP contribution in [-0.2, 0) is 86.6 Å². The molecule has 114 heavy (non-hydrogen) atoms. The second kappa shape index (κ2) is 36.6. The molecule has 6 aliphatic rings. The number of fused-ring (bicyclic) bond motifs is 6. The van der Waals surface area contributed by atoms with E-state index in [2.05, 4.69) is 29.9 Å². The zero-order valence-corrected chi connectivity index (χ0v) is 71.6. The van der Waals surface area contributed by atoms with Gasteiger partial charge in [-0.25, -0.2) is 58.7 Å². The Hall–Kier alpha value is -10.7. The minimum absolute atomic E-state index is 0.0355. The predicted molar refractivity (Wildman–Crippen MR) is 442 cm³/mol. The molecule has 12 rings (SSSR count). The summed E-state index contributed by atoms with van der Waals surface area (Å²) in [4.78, 5) is 109. The highest BCUT2D eigenvalue weighted by Gasteiger charge is 2.38. The molecule has 0 saturated heterocycles. The first kappa shape index (κ1) is 90.5. The summed E-state index contributed by atoms with van der Waals surface area (Å²) in [6, 6.07) is 22.3. The Bertz CT molecular complexity index is 3870. The fraction of sp³-hybridized carbons (Fsp3) is 0.571. The normalized spacial score (nSPS) is 18.9. The summed E-state index contributed by atoms with van der Waals surface area (Å²) in [7, 11) is 0. The van der Waals surface area contributed by atoms with Gasteiger partial charge in [-0.05, 0) is 236 Å². The van der Waals surface area contributed by atoms with Crippen LogP contribution in [-0.4, -0.2) is 167 Å². The molecule has 6 amide bonds. The highest BCUT2D eigenvalue weighted by atomic mass is 16.6. The number of amides is 6. The van der Waals surface area contributed by atoms with Crippen LogP contribution < -0.4 is 34.4 Å². The van der Waals surface area contributed by atoms with Crippen LogP contribution in [0.5, 0.6) is 0 Å². The lowest BCUT2D eigenvalue weighted by Crippen LogP contribution is -2.45. The van der Waals surface area contributed by atoms with Gasteiger partial charge in [0.25, 0.3) is 0 Å². The first-order valence-corrected chi connectivity index (χ1v) is 39.1. The summed E-state index contributed by atoms with van der Waals surface area (Å²) < 4.78 is 32.6. The molecular weight excluding hydrogens is 1450 g/mol. The van der Waals surface area contributed by atoms with Gasteiger partial charge in [0.2, 0.25) is 0 Å². The minimum Gasteiger partial charge on any atom is -0.444 e. The molecule has 30 nitrogen and oxygen atoms in total. The molecular formula is C84H126N18O12. The maximum atomic E-state index is 12.2. The number of carbonyl (C=O) groups excluding carboxylic acids is 6. The van der Waals surface area contributed by atoms with Crippen molar-refractivity contribution in [2.24, 2.45) is 0 Å². The zero-order valence-electron chi connectivity index (χ0n) is 71.6. The van der Waals surface area contributed by atoms with Crippen molar-refractivity contribution in [1.82, 2.24) is 59.3 Å². The van der Waals surface area contributed by atoms with Crippen LogP contribution in [0.15, 0.2) is 72.8 Å². The maximum absolute atomic E-state index is 12.2. The Labute approximate surface area is 673 Å². The summed E-state index contributed by atoms with van der Waals surface area (Å²) in [5.41, 5.74) is 43.4. The lowest BCUT2D eigenvalue weighted by molar-refractivity contribution is 0.0126. The number of ether oxygens (including phenoxy) is 6. The number of nitrogens with two attached hydrogens (primary N) is 6. The van der Waals surface area contributed by atoms with Crippen molar-refractivity contribution in [3.8, 4) is 0 Å². The average Bonchev–Trinajstić information content (AvgIpc) is 0.836. The van der Waals surface area contributed by atoms with Gasteiger partial charge in [0.05, 0.1) is 37.8 Å². The van der Waals surface area contributed by atoms with Gasteiger partial charge in [-0.1, -0.05) is 36.4 Å². The van der Waals surface area contributed by atoms with Crippen molar-refractivity contribution >= 4 is 71.5 Å². The molecule has 0 bridgehead atoms. The number of nitrogens with zero attached hydrogens (tertiary/aromatic N) is 12. The standard InChI is InChI=1S/6C14H21N3O2/c3*1-9-7-11-10(5-6-12(15)16-11)8-17(9)13(18)19-14(2,3)4;3*1-9-10-5-6-12(15)16-11(10)7-8-17(9)13(18)19-14(2,3)4/h6*5-6,9H,7-8H2,1-4H3,(H2,15,16)/t2*9-;;2*9-;/m10.10./s1. The van der Waals surface area contributed by atoms with E-state index in [0.29, 0.717) is 113 Å². The van der Waals surface area contributed by atoms with Crippen LogP contribution in [0.3, 0.4) is 0 Å². The number of carbonyl (C=O) groups is 6. The van der Waals surface area contributed by atoms with E-state index in [9.17, 15) is 28.8 Å². The average molecular weight is 1580 g/mol. The van der Waals surface area contributed by atoms with E-state index in [0.717, 1.165) is 67.5 Å². The molecule has 30 heteroatoms. The summed E-state index contributed by atoms with van der Waals surface area (Å²) in [5, 5.41) is 0. The maximum Gasteiger partial charge on any atom is 0.410 e. The molecule has 0 aliphatic carbocycles. The Morgan fingerprint density at radius 3 is 0.649 bits per heavy atom. The molecule has 6 atom stereocenters. The van der Waals surface area contributed by atoms with Gasteiger partial charge in [-0.2, -0.15) is 0 Å². The van der Waals surface area contributed by atoms with E-state index in [1.54, 1.807) is 65.8 Å². The molecule has 6 aliphatic heterocycles. The zero-order chi connectivity index (χ0) is 85.2. The van der Waals surface area contributed by atoms with E-state index < -0.39 is 33.6 Å². The molecule has 2 unspecified atom stereocenters. The molecule has 624 valence electrons. The number of nitrogen functional groups attached to an aromatic ring is 6. The third kappa shape index (κ3) is 26.5. The van der Waals surface area contributed by atoms with Crippen LogP contribution in [0.4, 0.5) is 63.7 Å². The molecule has 0 fully saturated rings. The number of pyridine rings is 6. The van der Waals surface area contributed by atoms with Gasteiger partial charge in [0.15, 0.2) is 0 Å². The lowest BCUT2D eigenvalue weighted by Gasteiger charge is -2.35. The van der Waals surface area contributed by atoms with E-state index in [1.165, 1.54) is 0 Å². The smallest absolute Gasteiger partial charge is 0.410 e. The van der Waals surface area contributed by atoms with E-state index >= 15 is 0 Å². The third-order valence-electron chi connectivity index (χ3n) is 18.7. The quantitative estimate of drug-likeness (QED) is 0.0769. The van der Waals surface area contributed by atoms with Gasteiger partial charge in [-0.3, -0.25) is 0 Å². The van der Waals surface area contributed by atoms with Crippen LogP contribution in [0.2, 0.25) is 0 Å². The number of anilines is 6. The Morgan fingerprint density at radius 2 is 0.456 bits per heavy atom. The first-order valence-electron chi connectivity index (χ1n) is 39.1. The minimum atomic E-state index is -0.476. The van der Waals surface area contributed by atoms with Gasteiger partial charge in [0, 0.05) is 110 Å². The first-order chi connectivity index (χ1) is 52.6. The fourth-order valence-corrected chi connectivity index (χ4v) is 13.3. The van der Waals surface area contributed by atoms with Crippen molar-refractivity contribution < 1.29 is 57.2 Å². The van der Waals surface area contributed by atoms with Crippen molar-refractivity contribution in [1.29, 1.82) is 0 Å². The molecule has 12 N–H and O–H groups in total. The van der Waals surface area contributed by atoms with Crippen molar-refractivity contribution in [2.45, 2.75) is 294 Å². The van der Waals surface area contributed by atoms with Gasteiger partial charge < -0.3 is 92.2 Å². The number of hydrogen-bond acceptors (Lipinski definition) is 24. The molecule has 0 radical (unpaired) electrons. The fourth-order valence-electron chi connectivity index (χ4n) is 13.3. The monoisotopic (exact) mass is 1580 g/mol. The van der Waals surface area contributed by atoms with Crippen molar-refractivity contribution in [2.75, 3.05) is 54.0 Å². The van der Waals surface area contributed by atoms with Crippen molar-refractivity contribution in [3.63, 3.8) is 0 Å². The van der Waals surface area contributed by atoms with Gasteiger partial charge >= 0.3 is 36.6 Å². The Kier molecular flexibility index (Phi) is 29.1. The van der Waals surface area contributed by atoms with Crippen molar-refractivity contribution in [3.05, 3.63) is 140 Å². The van der Waals surface area contributed by atoms with Crippen LogP contribution in [0, 0.1) is 0 Å². The predicted octanol–water partition coefficient (Wildman–Crippen LogP) is 14.6. The topological polar surface area (TPSA) is 411 Å². The highest BCUT2D eigenvalue weighted by molar-refractivity contribution is 5.72. The molecule has 6 aromatic rings. The van der Waals surface area contributed by atoms with Crippen LogP contribution >= 0.6 is 0 Å². The molecule has 0 saturated carbocycles. The second-order valence-electron chi connectivity index (χ2n) is 35.6. The summed E-state index contributed by atoms with van der Waals surface area (Å²) >= 11 is 0. The number of aromatic nitrogens is 6. The molecule has 12 heterocycles. The Balaban J connectivity index is 0.000000189. The largest absolute Gasteiger partial charge is 0.444 e. The third-order valence-corrected chi connectivity index (χ3v) is 18.7. The molecule has 0 aromatic carbocycles. The van der Waals surface area contributed by atoms with E-state index in [1.807, 2.05) is 203 Å². The van der Waals surface area contributed by atoms with Crippen LogP contribution in [0.25, 0.3) is 0 Å². The summed E-state index contributed by atoms with van der Waals surface area (Å²) in [5.74, 6) is 3.15. The molecule has 6 aromatic heterocycles. The summed E-state index contributed by atoms with van der Waals surface area (Å²) in [6.45, 7) is 49.0.